The van der Waals surface area contributed by atoms with Gasteiger partial charge in [0.25, 0.3) is 0 Å². The first kappa shape index (κ1) is 19.0. The predicted octanol–water partition coefficient (Wildman–Crippen LogP) is 3.74. The van der Waals surface area contributed by atoms with E-state index in [1.807, 2.05) is 35.4 Å². The maximum Gasteiger partial charge on any atom is 0.337 e. The van der Waals surface area contributed by atoms with Crippen LogP contribution in [0.1, 0.15) is 36.0 Å². The summed E-state index contributed by atoms with van der Waals surface area (Å²) < 4.78 is 0. The molecule has 4 bridgehead atoms. The number of hydrogen-bond donors (Lipinski definition) is 2. The summed E-state index contributed by atoms with van der Waals surface area (Å²) in [7, 11) is 0. The van der Waals surface area contributed by atoms with Gasteiger partial charge < -0.3 is 20.2 Å². The maximum atomic E-state index is 13.3. The number of carboxylic acid groups (broad SMARTS) is 1. The van der Waals surface area contributed by atoms with E-state index in [1.165, 1.54) is 6.07 Å². The molecule has 162 valence electrons. The van der Waals surface area contributed by atoms with Gasteiger partial charge in [-0.05, 0) is 49.9 Å². The number of urea groups is 1. The van der Waals surface area contributed by atoms with Crippen LogP contribution < -0.4 is 10.2 Å². The molecule has 0 spiro atoms. The van der Waals surface area contributed by atoms with Gasteiger partial charge in [-0.3, -0.25) is 4.98 Å². The van der Waals surface area contributed by atoms with Crippen molar-refractivity contribution in [2.24, 2.45) is 0 Å². The maximum absolute atomic E-state index is 13.3. The molecule has 32 heavy (non-hydrogen) atoms. The molecule has 1 aromatic heterocycles. The van der Waals surface area contributed by atoms with E-state index in [0.717, 1.165) is 42.5 Å². The van der Waals surface area contributed by atoms with Crippen molar-refractivity contribution in [1.29, 1.82) is 0 Å². The average molecular weight is 429 g/mol. The number of aromatic carboxylic acids is 1. The first-order valence-corrected chi connectivity index (χ1v) is 11.0. The lowest BCUT2D eigenvalue weighted by atomic mass is 10.0. The molecular weight excluding hydrogens is 406 g/mol. The quantitative estimate of drug-likeness (QED) is 0.658. The second kappa shape index (κ2) is 7.19. The van der Waals surface area contributed by atoms with Crippen LogP contribution in [0.2, 0.25) is 0 Å². The number of anilines is 2. The monoisotopic (exact) mass is 429 g/mol. The van der Waals surface area contributed by atoms with E-state index in [9.17, 15) is 14.7 Å². The SMILES string of the molecule is O=C(O)c1ccccc1NC(=O)N1[C@@H]2CC[C@@H]1[C@@H]1CC[C@H]2N1c1cnc2ccccc2n1. The van der Waals surface area contributed by atoms with Crippen molar-refractivity contribution < 1.29 is 14.7 Å². The Morgan fingerprint density at radius 2 is 1.50 bits per heavy atom. The van der Waals surface area contributed by atoms with E-state index in [2.05, 4.69) is 15.2 Å². The summed E-state index contributed by atoms with van der Waals surface area (Å²) in [6.45, 7) is 0. The summed E-state index contributed by atoms with van der Waals surface area (Å²) in [5.41, 5.74) is 2.18. The largest absolute Gasteiger partial charge is 0.478 e. The number of rotatable bonds is 3. The zero-order valence-corrected chi connectivity index (χ0v) is 17.4. The molecule has 6 rings (SSSR count). The predicted molar refractivity (Wildman–Crippen MR) is 120 cm³/mol. The van der Waals surface area contributed by atoms with Crippen LogP contribution in [-0.4, -0.2) is 56.1 Å². The van der Waals surface area contributed by atoms with E-state index in [1.54, 1.807) is 18.2 Å². The smallest absolute Gasteiger partial charge is 0.337 e. The molecule has 2 N–H and O–H groups in total. The molecule has 0 aliphatic carbocycles. The average Bonchev–Trinajstić information content (AvgIpc) is 3.34. The lowest BCUT2D eigenvalue weighted by Gasteiger charge is -2.47. The van der Waals surface area contributed by atoms with Gasteiger partial charge in [-0.1, -0.05) is 24.3 Å². The van der Waals surface area contributed by atoms with Crippen molar-refractivity contribution in [3.8, 4) is 0 Å². The van der Waals surface area contributed by atoms with Crippen molar-refractivity contribution in [3.63, 3.8) is 0 Å². The minimum absolute atomic E-state index is 0.0732. The number of amides is 2. The topological polar surface area (TPSA) is 98.7 Å². The highest BCUT2D eigenvalue weighted by molar-refractivity contribution is 6.00. The number of carboxylic acids is 1. The van der Waals surface area contributed by atoms with E-state index < -0.39 is 5.97 Å². The van der Waals surface area contributed by atoms with Crippen molar-refractivity contribution in [2.75, 3.05) is 10.2 Å². The number of benzene rings is 2. The van der Waals surface area contributed by atoms with Gasteiger partial charge in [0.1, 0.15) is 5.82 Å². The van der Waals surface area contributed by atoms with Gasteiger partial charge in [0.15, 0.2) is 0 Å². The molecule has 4 heterocycles. The molecule has 8 heteroatoms. The van der Waals surface area contributed by atoms with E-state index in [-0.39, 0.29) is 35.8 Å². The molecule has 3 aromatic rings. The molecule has 4 atom stereocenters. The number of hydrogen-bond acceptors (Lipinski definition) is 5. The Morgan fingerprint density at radius 3 is 2.22 bits per heavy atom. The third-order valence-corrected chi connectivity index (χ3v) is 7.17. The Balaban J connectivity index is 1.29. The van der Waals surface area contributed by atoms with Crippen LogP contribution in [0.4, 0.5) is 16.3 Å². The molecule has 3 saturated heterocycles. The molecular formula is C24H23N5O3. The third kappa shape index (κ3) is 2.82. The van der Waals surface area contributed by atoms with Gasteiger partial charge in [0.05, 0.1) is 52.6 Å². The highest BCUT2D eigenvalue weighted by Gasteiger charge is 2.57. The minimum Gasteiger partial charge on any atom is -0.478 e. The lowest BCUT2D eigenvalue weighted by molar-refractivity contribution is 0.0698. The van der Waals surface area contributed by atoms with Gasteiger partial charge in [-0.25, -0.2) is 14.6 Å². The zero-order chi connectivity index (χ0) is 21.8. The van der Waals surface area contributed by atoms with Crippen LogP contribution in [0.5, 0.6) is 0 Å². The minimum atomic E-state index is -1.05. The Labute approximate surface area is 184 Å². The fraction of sp³-hybridized carbons (Fsp3) is 0.333. The molecule has 0 unspecified atom stereocenters. The molecule has 8 nitrogen and oxygen atoms in total. The fourth-order valence-corrected chi connectivity index (χ4v) is 5.91. The summed E-state index contributed by atoms with van der Waals surface area (Å²) in [6, 6.07) is 14.7. The van der Waals surface area contributed by atoms with Crippen molar-refractivity contribution in [2.45, 2.75) is 49.9 Å². The Hall–Kier alpha value is -3.68. The molecule has 2 amide bonds. The fourth-order valence-electron chi connectivity index (χ4n) is 5.91. The third-order valence-electron chi connectivity index (χ3n) is 7.17. The first-order valence-electron chi connectivity index (χ1n) is 11.0. The summed E-state index contributed by atoms with van der Waals surface area (Å²) >= 11 is 0. The van der Waals surface area contributed by atoms with E-state index in [4.69, 9.17) is 4.98 Å². The van der Waals surface area contributed by atoms with Crippen LogP contribution in [0.25, 0.3) is 11.0 Å². The second-order valence-electron chi connectivity index (χ2n) is 8.74. The van der Waals surface area contributed by atoms with Gasteiger partial charge >= 0.3 is 12.0 Å². The Kier molecular flexibility index (Phi) is 4.28. The van der Waals surface area contributed by atoms with Crippen molar-refractivity contribution in [3.05, 3.63) is 60.3 Å². The Morgan fingerprint density at radius 1 is 0.875 bits per heavy atom. The van der Waals surface area contributed by atoms with Gasteiger partial charge in [0, 0.05) is 0 Å². The van der Waals surface area contributed by atoms with Gasteiger partial charge in [-0.2, -0.15) is 0 Å². The van der Waals surface area contributed by atoms with Crippen molar-refractivity contribution in [1.82, 2.24) is 14.9 Å². The second-order valence-corrected chi connectivity index (χ2v) is 8.74. The van der Waals surface area contributed by atoms with Crippen molar-refractivity contribution >= 4 is 34.5 Å². The highest BCUT2D eigenvalue weighted by Crippen LogP contribution is 2.47. The lowest BCUT2D eigenvalue weighted by Crippen LogP contribution is -2.63. The standard InChI is InChI=1S/C24H23N5O3/c30-23(31)14-5-1-2-6-15(14)27-24(32)29-20-11-12-21(29)19-10-9-18(20)28(19)22-13-25-16-7-3-4-8-17(16)26-22/h1-8,13,18-21H,9-12H2,(H,27,32)(H,30,31)/t18-,19+,20-,21-/m1/s1. The van der Waals surface area contributed by atoms with Crippen LogP contribution in [0.15, 0.2) is 54.7 Å². The molecule has 3 fully saturated rings. The van der Waals surface area contributed by atoms with Crippen LogP contribution >= 0.6 is 0 Å². The first-order chi connectivity index (χ1) is 15.6. The van der Waals surface area contributed by atoms with Crippen LogP contribution in [0, 0.1) is 0 Å². The molecule has 3 aliphatic rings. The number of para-hydroxylation sites is 3. The number of nitrogens with zero attached hydrogens (tertiary/aromatic N) is 4. The van der Waals surface area contributed by atoms with Gasteiger partial charge in [0.2, 0.25) is 0 Å². The zero-order valence-electron chi connectivity index (χ0n) is 17.4. The normalized spacial score (nSPS) is 25.9. The number of aromatic nitrogens is 2. The number of fused-ring (bicyclic) bond motifs is 7. The number of carbonyl (C=O) groups is 2. The summed E-state index contributed by atoms with van der Waals surface area (Å²) in [5.74, 6) is -0.173. The number of piperazine rings is 1. The Bertz CT molecular complexity index is 1210. The van der Waals surface area contributed by atoms with E-state index in [0.29, 0.717) is 5.69 Å². The van der Waals surface area contributed by atoms with Gasteiger partial charge in [-0.15, -0.1) is 0 Å². The summed E-state index contributed by atoms with van der Waals surface area (Å²) in [5, 5.41) is 12.3. The summed E-state index contributed by atoms with van der Waals surface area (Å²) in [4.78, 5) is 38.7. The number of nitrogens with one attached hydrogen (secondary N) is 1. The van der Waals surface area contributed by atoms with Crippen LogP contribution in [-0.2, 0) is 0 Å². The summed E-state index contributed by atoms with van der Waals surface area (Å²) in [6.07, 6.45) is 5.76. The van der Waals surface area contributed by atoms with E-state index >= 15 is 0 Å². The molecule has 0 radical (unpaired) electrons. The molecule has 2 aromatic carbocycles. The highest BCUT2D eigenvalue weighted by atomic mass is 16.4. The number of carbonyl (C=O) groups excluding carboxylic acids is 1. The molecule has 0 saturated carbocycles. The van der Waals surface area contributed by atoms with Crippen LogP contribution in [0.3, 0.4) is 0 Å². The molecule has 3 aliphatic heterocycles.